The molecule has 1 unspecified atom stereocenters. The summed E-state index contributed by atoms with van der Waals surface area (Å²) in [7, 11) is -1.56. The van der Waals surface area contributed by atoms with E-state index in [9.17, 15) is 5.11 Å². The summed E-state index contributed by atoms with van der Waals surface area (Å²) in [6, 6.07) is 0.707. The van der Waals surface area contributed by atoms with Gasteiger partial charge < -0.3 is 14.0 Å². The summed E-state index contributed by atoms with van der Waals surface area (Å²) < 4.78 is 10.8. The van der Waals surface area contributed by atoms with Crippen molar-refractivity contribution < 1.29 is 14.0 Å². The van der Waals surface area contributed by atoms with Crippen LogP contribution in [0.4, 0.5) is 0 Å². The first-order valence-corrected chi connectivity index (χ1v) is 6.41. The average molecular weight is 192 g/mol. The Balaban J connectivity index is 3.61. The monoisotopic (exact) mass is 192 g/mol. The summed E-state index contributed by atoms with van der Waals surface area (Å²) >= 11 is 0. The van der Waals surface area contributed by atoms with E-state index in [1.165, 1.54) is 0 Å². The lowest BCUT2D eigenvalue weighted by Crippen LogP contribution is -2.27. The van der Waals surface area contributed by atoms with Crippen LogP contribution in [0.1, 0.15) is 27.2 Å². The van der Waals surface area contributed by atoms with Crippen molar-refractivity contribution in [1.29, 1.82) is 0 Å². The molecule has 12 heavy (non-hydrogen) atoms. The maximum absolute atomic E-state index is 9.36. The minimum atomic E-state index is -1.56. The second-order valence-corrected chi connectivity index (χ2v) is 4.64. The molecule has 0 aliphatic carbocycles. The fraction of sp³-hybridized carbons (Fsp3) is 1.00. The molecule has 0 aromatic carbocycles. The van der Waals surface area contributed by atoms with Gasteiger partial charge in [0, 0.05) is 19.3 Å². The van der Waals surface area contributed by atoms with Gasteiger partial charge in [-0.25, -0.2) is 0 Å². The predicted octanol–water partition coefficient (Wildman–Crippen LogP) is 1.05. The lowest BCUT2D eigenvalue weighted by Gasteiger charge is -2.17. The third kappa shape index (κ3) is 5.71. The van der Waals surface area contributed by atoms with Gasteiger partial charge in [0.2, 0.25) is 0 Å². The van der Waals surface area contributed by atoms with Gasteiger partial charge in [-0.2, -0.15) is 0 Å². The van der Waals surface area contributed by atoms with E-state index in [1.807, 2.05) is 20.8 Å². The Morgan fingerprint density at radius 1 is 1.17 bits per heavy atom. The molecule has 1 atom stereocenters. The molecule has 3 nitrogen and oxygen atoms in total. The summed E-state index contributed by atoms with van der Waals surface area (Å²) in [6.45, 7) is 7.25. The lowest BCUT2D eigenvalue weighted by atomic mass is 10.3. The Morgan fingerprint density at radius 2 is 1.67 bits per heavy atom. The highest BCUT2D eigenvalue weighted by Crippen LogP contribution is 2.05. The molecule has 0 aromatic heterocycles. The molecule has 74 valence electrons. The summed E-state index contributed by atoms with van der Waals surface area (Å²) in [4.78, 5) is 0. The number of rotatable bonds is 7. The van der Waals surface area contributed by atoms with Crippen LogP contribution in [0.25, 0.3) is 0 Å². The van der Waals surface area contributed by atoms with E-state index in [-0.39, 0.29) is 6.10 Å². The quantitative estimate of drug-likeness (QED) is 0.613. The normalized spacial score (nSPS) is 13.8. The minimum Gasteiger partial charge on any atom is -0.397 e. The van der Waals surface area contributed by atoms with Crippen LogP contribution in [0.15, 0.2) is 0 Å². The summed E-state index contributed by atoms with van der Waals surface area (Å²) in [6.07, 6.45) is 0.531. The van der Waals surface area contributed by atoms with Crippen molar-refractivity contribution >= 4 is 9.28 Å². The zero-order chi connectivity index (χ0) is 9.40. The van der Waals surface area contributed by atoms with Gasteiger partial charge in [-0.05, 0) is 20.3 Å². The van der Waals surface area contributed by atoms with E-state index >= 15 is 0 Å². The van der Waals surface area contributed by atoms with Crippen molar-refractivity contribution in [3.8, 4) is 0 Å². The van der Waals surface area contributed by atoms with Gasteiger partial charge in [0.1, 0.15) is 0 Å². The highest BCUT2D eigenvalue weighted by atomic mass is 28.3. The van der Waals surface area contributed by atoms with Crippen molar-refractivity contribution in [2.75, 3.05) is 13.2 Å². The van der Waals surface area contributed by atoms with Crippen molar-refractivity contribution in [2.45, 2.75) is 39.3 Å². The molecular formula is C8H20O3Si. The van der Waals surface area contributed by atoms with E-state index in [1.54, 1.807) is 0 Å². The molecule has 0 aliphatic rings. The van der Waals surface area contributed by atoms with E-state index in [4.69, 9.17) is 8.85 Å². The molecule has 1 N–H and O–H groups in total. The van der Waals surface area contributed by atoms with Crippen LogP contribution in [-0.4, -0.2) is 33.7 Å². The second-order valence-electron chi connectivity index (χ2n) is 2.64. The van der Waals surface area contributed by atoms with Crippen LogP contribution in [0, 0.1) is 0 Å². The van der Waals surface area contributed by atoms with Crippen LogP contribution in [0.3, 0.4) is 0 Å². The Hall–Kier alpha value is 0.0969. The minimum absolute atomic E-state index is 0.250. The largest absolute Gasteiger partial charge is 0.397 e. The fourth-order valence-corrected chi connectivity index (χ4v) is 2.83. The molecule has 0 radical (unpaired) electrons. The average Bonchev–Trinajstić information content (AvgIpc) is 2.05. The molecule has 0 bridgehead atoms. The highest BCUT2D eigenvalue weighted by Gasteiger charge is 2.16. The van der Waals surface area contributed by atoms with Crippen LogP contribution in [0.2, 0.25) is 6.04 Å². The maximum atomic E-state index is 9.36. The van der Waals surface area contributed by atoms with Gasteiger partial charge in [-0.1, -0.05) is 6.92 Å². The van der Waals surface area contributed by atoms with Crippen LogP contribution in [0.5, 0.6) is 0 Å². The molecule has 0 spiro atoms. The first-order valence-electron chi connectivity index (χ1n) is 4.65. The SMILES string of the molecule is CCO[SiH](CC(O)CC)OCC. The Labute approximate surface area is 76.5 Å². The molecule has 0 saturated carbocycles. The number of hydrogen-bond acceptors (Lipinski definition) is 3. The van der Waals surface area contributed by atoms with Gasteiger partial charge in [-0.3, -0.25) is 0 Å². The van der Waals surface area contributed by atoms with Gasteiger partial charge in [0.15, 0.2) is 0 Å². The second kappa shape index (κ2) is 7.73. The first kappa shape index (κ1) is 12.1. The lowest BCUT2D eigenvalue weighted by molar-refractivity contribution is 0.157. The molecule has 0 aromatic rings. The third-order valence-corrected chi connectivity index (χ3v) is 3.98. The molecule has 0 amide bonds. The predicted molar refractivity (Wildman–Crippen MR) is 51.5 cm³/mol. The van der Waals surface area contributed by atoms with E-state index in [2.05, 4.69) is 0 Å². The van der Waals surface area contributed by atoms with Gasteiger partial charge in [0.05, 0.1) is 6.10 Å². The van der Waals surface area contributed by atoms with E-state index < -0.39 is 9.28 Å². The molecule has 4 heteroatoms. The van der Waals surface area contributed by atoms with Crippen molar-refractivity contribution in [1.82, 2.24) is 0 Å². The smallest absolute Gasteiger partial charge is 0.324 e. The summed E-state index contributed by atoms with van der Waals surface area (Å²) in [5.41, 5.74) is 0. The highest BCUT2D eigenvalue weighted by molar-refractivity contribution is 6.44. The van der Waals surface area contributed by atoms with Gasteiger partial charge in [0.25, 0.3) is 0 Å². The topological polar surface area (TPSA) is 38.7 Å². The van der Waals surface area contributed by atoms with Gasteiger partial charge in [-0.15, -0.1) is 0 Å². The van der Waals surface area contributed by atoms with Crippen LogP contribution < -0.4 is 0 Å². The molecule has 0 rings (SSSR count). The first-order chi connectivity index (χ1) is 5.74. The Morgan fingerprint density at radius 3 is 2.00 bits per heavy atom. The van der Waals surface area contributed by atoms with E-state index in [0.29, 0.717) is 19.3 Å². The Bertz CT molecular complexity index is 94.3. The zero-order valence-corrected chi connectivity index (χ0v) is 9.40. The van der Waals surface area contributed by atoms with Crippen molar-refractivity contribution in [3.05, 3.63) is 0 Å². The number of aliphatic hydroxyl groups is 1. The van der Waals surface area contributed by atoms with Crippen molar-refractivity contribution in [3.63, 3.8) is 0 Å². The van der Waals surface area contributed by atoms with Crippen molar-refractivity contribution in [2.24, 2.45) is 0 Å². The van der Waals surface area contributed by atoms with E-state index in [0.717, 1.165) is 6.42 Å². The summed E-state index contributed by atoms with van der Waals surface area (Å²) in [5, 5.41) is 9.36. The maximum Gasteiger partial charge on any atom is 0.324 e. The molecular weight excluding hydrogens is 172 g/mol. The molecule has 0 fully saturated rings. The van der Waals surface area contributed by atoms with Crippen LogP contribution >= 0.6 is 0 Å². The van der Waals surface area contributed by atoms with Gasteiger partial charge >= 0.3 is 9.28 Å². The summed E-state index contributed by atoms with van der Waals surface area (Å²) in [5.74, 6) is 0. The zero-order valence-electron chi connectivity index (χ0n) is 8.25. The third-order valence-electron chi connectivity index (χ3n) is 1.64. The van der Waals surface area contributed by atoms with Crippen LogP contribution in [-0.2, 0) is 8.85 Å². The number of hydrogen-bond donors (Lipinski definition) is 1. The molecule has 0 saturated heterocycles. The Kier molecular flexibility index (Phi) is 7.79. The number of aliphatic hydroxyl groups excluding tert-OH is 1. The standard InChI is InChI=1S/C8H20O3Si/c1-4-8(9)7-12(10-5-2)11-6-3/h8-9,12H,4-7H2,1-3H3. The fourth-order valence-electron chi connectivity index (χ4n) is 0.945. The molecule has 0 heterocycles. The molecule has 0 aliphatic heterocycles.